The summed E-state index contributed by atoms with van der Waals surface area (Å²) in [6.07, 6.45) is 0.839. The van der Waals surface area contributed by atoms with Crippen molar-refractivity contribution in [3.8, 4) is 17.2 Å². The summed E-state index contributed by atoms with van der Waals surface area (Å²) < 4.78 is 5.97. The molecule has 4 rings (SSSR count). The van der Waals surface area contributed by atoms with E-state index in [1.165, 1.54) is 5.56 Å². The third kappa shape index (κ3) is 2.13. The van der Waals surface area contributed by atoms with E-state index in [0.29, 0.717) is 5.75 Å². The van der Waals surface area contributed by atoms with Crippen LogP contribution < -0.4 is 4.74 Å². The molecule has 0 aliphatic carbocycles. The zero-order chi connectivity index (χ0) is 14.9. The van der Waals surface area contributed by atoms with Crippen LogP contribution in [0.15, 0.2) is 72.8 Å². The Balaban J connectivity index is 1.86. The summed E-state index contributed by atoms with van der Waals surface area (Å²) in [5.74, 6) is 2.03. The standard InChI is InChI=1S/C20H16O2/c21-17-10-6-12-19-20(17)16(13-14-7-2-1-3-8-14)15-9-4-5-11-18(15)22-19/h1-12,16,21H,13H2. The minimum Gasteiger partial charge on any atom is -0.508 e. The molecule has 1 aliphatic rings. The summed E-state index contributed by atoms with van der Waals surface area (Å²) in [5, 5.41) is 10.4. The Morgan fingerprint density at radius 1 is 0.773 bits per heavy atom. The van der Waals surface area contributed by atoms with Crippen molar-refractivity contribution in [3.05, 3.63) is 89.5 Å². The van der Waals surface area contributed by atoms with Gasteiger partial charge in [0.1, 0.15) is 17.2 Å². The highest BCUT2D eigenvalue weighted by atomic mass is 16.5. The fourth-order valence-corrected chi connectivity index (χ4v) is 3.17. The summed E-state index contributed by atoms with van der Waals surface area (Å²) in [4.78, 5) is 0. The molecule has 0 amide bonds. The number of hydrogen-bond donors (Lipinski definition) is 1. The van der Waals surface area contributed by atoms with Gasteiger partial charge in [0.2, 0.25) is 0 Å². The SMILES string of the molecule is Oc1cccc2c1C(Cc1ccccc1)c1ccccc1O2. The summed E-state index contributed by atoms with van der Waals surface area (Å²) in [5.41, 5.74) is 3.25. The highest BCUT2D eigenvalue weighted by molar-refractivity contribution is 5.58. The van der Waals surface area contributed by atoms with Crippen LogP contribution in [0, 0.1) is 0 Å². The summed E-state index contributed by atoms with van der Waals surface area (Å²) in [6, 6.07) is 23.9. The van der Waals surface area contributed by atoms with Crippen LogP contribution >= 0.6 is 0 Å². The first-order valence-corrected chi connectivity index (χ1v) is 7.45. The third-order valence-electron chi connectivity index (χ3n) is 4.19. The fraction of sp³-hybridized carbons (Fsp3) is 0.100. The van der Waals surface area contributed by atoms with E-state index >= 15 is 0 Å². The Morgan fingerprint density at radius 2 is 1.50 bits per heavy atom. The van der Waals surface area contributed by atoms with Crippen LogP contribution in [0.3, 0.4) is 0 Å². The van der Waals surface area contributed by atoms with Crippen molar-refractivity contribution in [2.45, 2.75) is 12.3 Å². The highest BCUT2D eigenvalue weighted by Gasteiger charge is 2.29. The molecular formula is C20H16O2. The van der Waals surface area contributed by atoms with Crippen molar-refractivity contribution < 1.29 is 9.84 Å². The first kappa shape index (κ1) is 13.0. The van der Waals surface area contributed by atoms with Crippen LogP contribution in [0.5, 0.6) is 17.2 Å². The molecule has 108 valence electrons. The second-order valence-corrected chi connectivity index (χ2v) is 5.57. The maximum atomic E-state index is 10.4. The van der Waals surface area contributed by atoms with Crippen molar-refractivity contribution >= 4 is 0 Å². The van der Waals surface area contributed by atoms with Crippen LogP contribution in [0.2, 0.25) is 0 Å². The lowest BCUT2D eigenvalue weighted by molar-refractivity contribution is 0.417. The van der Waals surface area contributed by atoms with Crippen molar-refractivity contribution in [3.63, 3.8) is 0 Å². The molecule has 2 heteroatoms. The number of rotatable bonds is 2. The topological polar surface area (TPSA) is 29.5 Å². The number of phenols is 1. The first-order valence-electron chi connectivity index (χ1n) is 7.45. The van der Waals surface area contributed by atoms with Gasteiger partial charge in [0.05, 0.1) is 0 Å². The van der Waals surface area contributed by atoms with Crippen LogP contribution in [-0.4, -0.2) is 5.11 Å². The van der Waals surface area contributed by atoms with Crippen LogP contribution in [0.4, 0.5) is 0 Å². The predicted molar refractivity (Wildman–Crippen MR) is 86.6 cm³/mol. The molecule has 1 atom stereocenters. The van der Waals surface area contributed by atoms with Crippen molar-refractivity contribution in [2.24, 2.45) is 0 Å². The molecule has 0 aromatic heterocycles. The molecule has 1 heterocycles. The van der Waals surface area contributed by atoms with Gasteiger partial charge in [-0.05, 0) is 30.2 Å². The van der Waals surface area contributed by atoms with E-state index in [2.05, 4.69) is 18.2 Å². The molecule has 1 unspecified atom stereocenters. The Hall–Kier alpha value is -2.74. The number of ether oxygens (including phenoxy) is 1. The molecule has 2 nitrogen and oxygen atoms in total. The van der Waals surface area contributed by atoms with E-state index in [1.54, 1.807) is 6.07 Å². The lowest BCUT2D eigenvalue weighted by Crippen LogP contribution is -2.12. The molecule has 0 spiro atoms. The second-order valence-electron chi connectivity index (χ2n) is 5.57. The van der Waals surface area contributed by atoms with Gasteiger partial charge in [-0.3, -0.25) is 0 Å². The van der Waals surface area contributed by atoms with E-state index in [0.717, 1.165) is 29.0 Å². The van der Waals surface area contributed by atoms with E-state index < -0.39 is 0 Å². The maximum Gasteiger partial charge on any atom is 0.134 e. The van der Waals surface area contributed by atoms with E-state index in [1.807, 2.05) is 48.5 Å². The number of phenolic OH excluding ortho intramolecular Hbond substituents is 1. The van der Waals surface area contributed by atoms with Gasteiger partial charge in [0.15, 0.2) is 0 Å². The first-order chi connectivity index (χ1) is 10.8. The quantitative estimate of drug-likeness (QED) is 0.728. The van der Waals surface area contributed by atoms with E-state index in [9.17, 15) is 5.11 Å². The molecular weight excluding hydrogens is 272 g/mol. The summed E-state index contributed by atoms with van der Waals surface area (Å²) >= 11 is 0. The normalized spacial score (nSPS) is 15.5. The number of hydrogen-bond acceptors (Lipinski definition) is 2. The Kier molecular flexibility index (Phi) is 3.08. The molecule has 22 heavy (non-hydrogen) atoms. The summed E-state index contributed by atoms with van der Waals surface area (Å²) in [6.45, 7) is 0. The van der Waals surface area contributed by atoms with Gasteiger partial charge in [0, 0.05) is 17.0 Å². The fourth-order valence-electron chi connectivity index (χ4n) is 3.17. The average molecular weight is 288 g/mol. The molecule has 0 bridgehead atoms. The molecule has 0 fully saturated rings. The van der Waals surface area contributed by atoms with Crippen LogP contribution in [0.1, 0.15) is 22.6 Å². The Morgan fingerprint density at radius 3 is 2.36 bits per heavy atom. The third-order valence-corrected chi connectivity index (χ3v) is 4.19. The van der Waals surface area contributed by atoms with Crippen molar-refractivity contribution in [1.29, 1.82) is 0 Å². The van der Waals surface area contributed by atoms with Gasteiger partial charge < -0.3 is 9.84 Å². The van der Waals surface area contributed by atoms with Gasteiger partial charge in [0.25, 0.3) is 0 Å². The lowest BCUT2D eigenvalue weighted by atomic mass is 9.83. The van der Waals surface area contributed by atoms with Crippen molar-refractivity contribution in [2.75, 3.05) is 0 Å². The van der Waals surface area contributed by atoms with Gasteiger partial charge in [-0.25, -0.2) is 0 Å². The Labute approximate surface area is 129 Å². The number of para-hydroxylation sites is 1. The monoisotopic (exact) mass is 288 g/mol. The van der Waals surface area contributed by atoms with E-state index in [-0.39, 0.29) is 5.92 Å². The Bertz CT molecular complexity index is 809. The molecule has 3 aromatic carbocycles. The summed E-state index contributed by atoms with van der Waals surface area (Å²) in [7, 11) is 0. The lowest BCUT2D eigenvalue weighted by Gasteiger charge is -2.29. The van der Waals surface area contributed by atoms with Crippen LogP contribution in [0.25, 0.3) is 0 Å². The zero-order valence-electron chi connectivity index (χ0n) is 12.1. The van der Waals surface area contributed by atoms with Gasteiger partial charge in [-0.2, -0.15) is 0 Å². The minimum atomic E-state index is 0.101. The second kappa shape index (κ2) is 5.23. The van der Waals surface area contributed by atoms with Gasteiger partial charge >= 0.3 is 0 Å². The smallest absolute Gasteiger partial charge is 0.134 e. The largest absolute Gasteiger partial charge is 0.508 e. The molecule has 0 saturated carbocycles. The molecule has 1 aliphatic heterocycles. The maximum absolute atomic E-state index is 10.4. The molecule has 0 saturated heterocycles. The highest BCUT2D eigenvalue weighted by Crippen LogP contribution is 2.48. The van der Waals surface area contributed by atoms with Crippen LogP contribution in [-0.2, 0) is 6.42 Å². The molecule has 1 N–H and O–H groups in total. The van der Waals surface area contributed by atoms with Gasteiger partial charge in [-0.1, -0.05) is 54.6 Å². The predicted octanol–water partition coefficient (Wildman–Crippen LogP) is 4.87. The molecule has 0 radical (unpaired) electrons. The number of fused-ring (bicyclic) bond motifs is 2. The average Bonchev–Trinajstić information content (AvgIpc) is 2.56. The zero-order valence-corrected chi connectivity index (χ0v) is 12.1. The van der Waals surface area contributed by atoms with Gasteiger partial charge in [-0.15, -0.1) is 0 Å². The minimum absolute atomic E-state index is 0.101. The van der Waals surface area contributed by atoms with Crippen molar-refractivity contribution in [1.82, 2.24) is 0 Å². The number of benzene rings is 3. The van der Waals surface area contributed by atoms with E-state index in [4.69, 9.17) is 4.74 Å². The number of aromatic hydroxyl groups is 1. The molecule has 3 aromatic rings.